The number of alkyl halides is 3. The van der Waals surface area contributed by atoms with E-state index in [0.29, 0.717) is 6.07 Å². The zero-order valence-corrected chi connectivity index (χ0v) is 7.93. The molecular weight excluding hydrogens is 233 g/mol. The number of rotatable bonds is 2. The van der Waals surface area contributed by atoms with Crippen LogP contribution in [0.1, 0.15) is 5.69 Å². The van der Waals surface area contributed by atoms with Gasteiger partial charge in [-0.3, -0.25) is 0 Å². The van der Waals surface area contributed by atoms with Crippen molar-refractivity contribution in [2.75, 3.05) is 6.61 Å². The lowest BCUT2D eigenvalue weighted by molar-refractivity contribution is -0.141. The van der Waals surface area contributed by atoms with Gasteiger partial charge in [-0.2, -0.15) is 18.2 Å². The molecule has 0 saturated carbocycles. The molecule has 0 aliphatic heterocycles. The smallest absolute Gasteiger partial charge is 0.433 e. The zero-order valence-electron chi connectivity index (χ0n) is 7.18. The van der Waals surface area contributed by atoms with Crippen molar-refractivity contribution in [3.8, 4) is 18.2 Å². The van der Waals surface area contributed by atoms with Crippen LogP contribution in [0.4, 0.5) is 13.2 Å². The number of hydrogen-bond acceptors (Lipinski definition) is 3. The van der Waals surface area contributed by atoms with Gasteiger partial charge in [0.05, 0.1) is 0 Å². The summed E-state index contributed by atoms with van der Waals surface area (Å²) < 4.78 is 41.4. The molecule has 0 atom stereocenters. The fourth-order valence-corrected chi connectivity index (χ4v) is 0.906. The van der Waals surface area contributed by atoms with Crippen LogP contribution in [0.15, 0.2) is 6.07 Å². The van der Waals surface area contributed by atoms with Crippen LogP contribution >= 0.6 is 11.6 Å². The fourth-order valence-electron chi connectivity index (χ4n) is 0.732. The third-order valence-corrected chi connectivity index (χ3v) is 1.44. The van der Waals surface area contributed by atoms with Crippen molar-refractivity contribution in [1.29, 1.82) is 0 Å². The Labute approximate surface area is 88.2 Å². The Hall–Kier alpha value is -1.48. The second kappa shape index (κ2) is 4.36. The summed E-state index contributed by atoms with van der Waals surface area (Å²) in [4.78, 5) is 6.43. The third-order valence-electron chi connectivity index (χ3n) is 1.27. The van der Waals surface area contributed by atoms with Crippen LogP contribution < -0.4 is 4.74 Å². The zero-order chi connectivity index (χ0) is 11.5. The molecule has 1 aromatic heterocycles. The van der Waals surface area contributed by atoms with Gasteiger partial charge in [-0.05, 0) is 11.6 Å². The van der Waals surface area contributed by atoms with Crippen LogP contribution in [-0.2, 0) is 6.18 Å². The van der Waals surface area contributed by atoms with E-state index >= 15 is 0 Å². The number of halogens is 4. The lowest BCUT2D eigenvalue weighted by Crippen LogP contribution is -2.10. The molecule has 0 saturated heterocycles. The molecule has 1 aromatic rings. The van der Waals surface area contributed by atoms with Crippen molar-refractivity contribution < 1.29 is 17.9 Å². The van der Waals surface area contributed by atoms with E-state index in [0.717, 1.165) is 0 Å². The summed E-state index contributed by atoms with van der Waals surface area (Å²) in [7, 11) is 0. The molecule has 0 N–H and O–H groups in total. The summed E-state index contributed by atoms with van der Waals surface area (Å²) in [5.41, 5.74) is -1.17. The molecule has 15 heavy (non-hydrogen) atoms. The molecule has 0 aliphatic rings. The third kappa shape index (κ3) is 3.29. The molecular formula is C8H4ClF3N2O. The highest BCUT2D eigenvalue weighted by atomic mass is 35.5. The van der Waals surface area contributed by atoms with Crippen molar-refractivity contribution in [1.82, 2.24) is 9.97 Å². The molecule has 3 nitrogen and oxygen atoms in total. The maximum absolute atomic E-state index is 12.2. The van der Waals surface area contributed by atoms with Gasteiger partial charge in [0.2, 0.25) is 11.2 Å². The maximum atomic E-state index is 12.2. The van der Waals surface area contributed by atoms with Crippen LogP contribution in [0, 0.1) is 12.3 Å². The summed E-state index contributed by atoms with van der Waals surface area (Å²) in [6.45, 7) is -0.190. The Kier molecular flexibility index (Phi) is 3.37. The lowest BCUT2D eigenvalue weighted by atomic mass is 10.4. The van der Waals surface area contributed by atoms with Gasteiger partial charge in [-0.25, -0.2) is 4.98 Å². The molecule has 80 valence electrons. The van der Waals surface area contributed by atoms with E-state index in [1.165, 1.54) is 0 Å². The Balaban J connectivity index is 3.01. The SMILES string of the molecule is C#CCOc1cc(C(F)(F)F)nc(Cl)n1. The van der Waals surface area contributed by atoms with Gasteiger partial charge in [-0.1, -0.05) is 5.92 Å². The van der Waals surface area contributed by atoms with Gasteiger partial charge in [0, 0.05) is 6.07 Å². The van der Waals surface area contributed by atoms with Gasteiger partial charge in [0.15, 0.2) is 12.3 Å². The monoisotopic (exact) mass is 236 g/mol. The minimum Gasteiger partial charge on any atom is -0.464 e. The predicted molar refractivity (Wildman–Crippen MR) is 46.4 cm³/mol. The molecule has 0 amide bonds. The van der Waals surface area contributed by atoms with Gasteiger partial charge in [-0.15, -0.1) is 6.42 Å². The largest absolute Gasteiger partial charge is 0.464 e. The normalized spacial score (nSPS) is 10.9. The molecule has 0 fully saturated rings. The lowest BCUT2D eigenvalue weighted by Gasteiger charge is -2.07. The first kappa shape index (κ1) is 11.6. The Bertz CT molecular complexity index is 400. The molecule has 0 bridgehead atoms. The highest BCUT2D eigenvalue weighted by Crippen LogP contribution is 2.30. The first-order valence-corrected chi connectivity index (χ1v) is 3.99. The van der Waals surface area contributed by atoms with Crippen LogP contribution in [-0.4, -0.2) is 16.6 Å². The second-order valence-corrected chi connectivity index (χ2v) is 2.69. The highest BCUT2D eigenvalue weighted by Gasteiger charge is 2.33. The van der Waals surface area contributed by atoms with Gasteiger partial charge in [0.1, 0.15) is 0 Å². The van der Waals surface area contributed by atoms with Crippen LogP contribution in [0.3, 0.4) is 0 Å². The summed E-state index contributed by atoms with van der Waals surface area (Å²) in [5.74, 6) is 1.78. The van der Waals surface area contributed by atoms with Crippen molar-refractivity contribution >= 4 is 11.6 Å². The van der Waals surface area contributed by atoms with E-state index in [2.05, 4.69) is 15.9 Å². The highest BCUT2D eigenvalue weighted by molar-refractivity contribution is 6.28. The van der Waals surface area contributed by atoms with Gasteiger partial charge < -0.3 is 4.74 Å². The first-order valence-electron chi connectivity index (χ1n) is 3.61. The molecule has 0 spiro atoms. The van der Waals surface area contributed by atoms with Crippen LogP contribution in [0.2, 0.25) is 5.28 Å². The average molecular weight is 237 g/mol. The Morgan fingerprint density at radius 3 is 2.67 bits per heavy atom. The fraction of sp³-hybridized carbons (Fsp3) is 0.250. The van der Waals surface area contributed by atoms with Crippen molar-refractivity contribution in [3.63, 3.8) is 0 Å². The molecule has 1 heterocycles. The van der Waals surface area contributed by atoms with Crippen molar-refractivity contribution in [3.05, 3.63) is 17.0 Å². The maximum Gasteiger partial charge on any atom is 0.433 e. The molecule has 0 radical (unpaired) electrons. The number of nitrogens with zero attached hydrogens (tertiary/aromatic N) is 2. The van der Waals surface area contributed by atoms with E-state index in [-0.39, 0.29) is 12.5 Å². The number of terminal acetylenes is 1. The predicted octanol–water partition coefficient (Wildman–Crippen LogP) is 2.16. The Morgan fingerprint density at radius 1 is 1.47 bits per heavy atom. The molecule has 1 rings (SSSR count). The molecule has 0 unspecified atom stereocenters. The summed E-state index contributed by atoms with van der Waals surface area (Å²) in [5, 5.41) is -0.545. The van der Waals surface area contributed by atoms with E-state index < -0.39 is 17.2 Å². The minimum absolute atomic E-state index is 0.190. The van der Waals surface area contributed by atoms with Gasteiger partial charge >= 0.3 is 6.18 Å². The topological polar surface area (TPSA) is 35.0 Å². The quantitative estimate of drug-likeness (QED) is 0.583. The minimum atomic E-state index is -4.60. The molecule has 0 aliphatic carbocycles. The van der Waals surface area contributed by atoms with Crippen molar-refractivity contribution in [2.24, 2.45) is 0 Å². The number of aromatic nitrogens is 2. The summed E-state index contributed by atoms with van der Waals surface area (Å²) in [6.07, 6.45) is 0.268. The number of ether oxygens (including phenoxy) is 1. The first-order chi connectivity index (χ1) is 6.93. The number of hydrogen-bond donors (Lipinski definition) is 0. The van der Waals surface area contributed by atoms with E-state index in [1.807, 2.05) is 0 Å². The van der Waals surface area contributed by atoms with Crippen molar-refractivity contribution in [2.45, 2.75) is 6.18 Å². The average Bonchev–Trinajstić information content (AvgIpc) is 2.12. The second-order valence-electron chi connectivity index (χ2n) is 2.35. The van der Waals surface area contributed by atoms with Crippen LogP contribution in [0.25, 0.3) is 0 Å². The standard InChI is InChI=1S/C8H4ClF3N2O/c1-2-3-15-6-4-5(8(10,11)12)13-7(9)14-6/h1,4H,3H2. The Morgan fingerprint density at radius 2 is 2.13 bits per heavy atom. The van der Waals surface area contributed by atoms with E-state index in [9.17, 15) is 13.2 Å². The molecule has 7 heteroatoms. The summed E-state index contributed by atoms with van der Waals surface area (Å²) in [6, 6.07) is 0.628. The molecule has 0 aromatic carbocycles. The summed E-state index contributed by atoms with van der Waals surface area (Å²) >= 11 is 5.28. The van der Waals surface area contributed by atoms with E-state index in [4.69, 9.17) is 22.8 Å². The van der Waals surface area contributed by atoms with Crippen LogP contribution in [0.5, 0.6) is 5.88 Å². The van der Waals surface area contributed by atoms with E-state index in [1.54, 1.807) is 0 Å². The van der Waals surface area contributed by atoms with Gasteiger partial charge in [0.25, 0.3) is 0 Å².